The maximum Gasteiger partial charge on any atom is 0.387 e. The molecule has 150 valence electrons. The summed E-state index contributed by atoms with van der Waals surface area (Å²) in [7, 11) is 0. The molecule has 0 heterocycles. The quantitative estimate of drug-likeness (QED) is 0.595. The predicted molar refractivity (Wildman–Crippen MR) is 101 cm³/mol. The van der Waals surface area contributed by atoms with Gasteiger partial charge in [0.1, 0.15) is 5.75 Å². The van der Waals surface area contributed by atoms with Gasteiger partial charge in [0.15, 0.2) is 18.2 Å². The van der Waals surface area contributed by atoms with Gasteiger partial charge in [-0.3, -0.25) is 4.79 Å². The molecule has 0 fully saturated rings. The Labute approximate surface area is 165 Å². The zero-order chi connectivity index (χ0) is 20.6. The van der Waals surface area contributed by atoms with Crippen LogP contribution in [0, 0.1) is 5.82 Å². The van der Waals surface area contributed by atoms with E-state index in [1.807, 2.05) is 30.3 Å². The first kappa shape index (κ1) is 20.3. The van der Waals surface area contributed by atoms with Crippen molar-refractivity contribution in [3.05, 3.63) is 95.8 Å². The topological polar surface area (TPSA) is 47.6 Å². The van der Waals surface area contributed by atoms with E-state index in [1.54, 1.807) is 18.2 Å². The number of benzene rings is 3. The monoisotopic (exact) mass is 401 g/mol. The van der Waals surface area contributed by atoms with Crippen LogP contribution in [0.3, 0.4) is 0 Å². The first-order valence-electron chi connectivity index (χ1n) is 8.79. The Balaban J connectivity index is 1.74. The van der Waals surface area contributed by atoms with Gasteiger partial charge in [0, 0.05) is 0 Å². The summed E-state index contributed by atoms with van der Waals surface area (Å²) in [5.74, 6) is -1.03. The Bertz CT molecular complexity index is 934. The van der Waals surface area contributed by atoms with Crippen LogP contribution in [0.4, 0.5) is 13.2 Å². The average Bonchev–Trinajstić information content (AvgIpc) is 2.72. The maximum absolute atomic E-state index is 13.6. The van der Waals surface area contributed by atoms with E-state index >= 15 is 0 Å². The van der Waals surface area contributed by atoms with Crippen molar-refractivity contribution >= 4 is 5.91 Å². The Morgan fingerprint density at radius 2 is 1.48 bits per heavy atom. The number of halogens is 3. The number of alkyl halides is 2. The molecule has 0 aromatic heterocycles. The molecule has 0 aliphatic carbocycles. The molecule has 3 rings (SSSR count). The second-order valence-electron chi connectivity index (χ2n) is 6.08. The summed E-state index contributed by atoms with van der Waals surface area (Å²) in [4.78, 5) is 12.4. The summed E-state index contributed by atoms with van der Waals surface area (Å²) >= 11 is 0. The number of amides is 1. The fraction of sp³-hybridized carbons (Fsp3) is 0.136. The van der Waals surface area contributed by atoms with Gasteiger partial charge in [-0.15, -0.1) is 0 Å². The fourth-order valence-corrected chi connectivity index (χ4v) is 2.75. The SMILES string of the molecule is O=C(COc1ccccc1F)N[C@H](c1ccccc1)c1ccc(OC(F)F)cc1. The van der Waals surface area contributed by atoms with Gasteiger partial charge in [-0.2, -0.15) is 8.78 Å². The molecular weight excluding hydrogens is 383 g/mol. The van der Waals surface area contributed by atoms with Gasteiger partial charge < -0.3 is 14.8 Å². The molecule has 1 amide bonds. The molecule has 0 unspecified atom stereocenters. The van der Waals surface area contributed by atoms with Crippen molar-refractivity contribution < 1.29 is 27.4 Å². The van der Waals surface area contributed by atoms with Gasteiger partial charge >= 0.3 is 6.61 Å². The minimum absolute atomic E-state index is 0.0183. The van der Waals surface area contributed by atoms with E-state index in [0.29, 0.717) is 5.56 Å². The largest absolute Gasteiger partial charge is 0.481 e. The molecule has 0 aliphatic rings. The molecule has 0 saturated heterocycles. The molecule has 0 radical (unpaired) electrons. The van der Waals surface area contributed by atoms with Crippen LogP contribution in [0.25, 0.3) is 0 Å². The van der Waals surface area contributed by atoms with Crippen LogP contribution in [-0.2, 0) is 4.79 Å². The van der Waals surface area contributed by atoms with Crippen molar-refractivity contribution in [2.45, 2.75) is 12.7 Å². The number of carbonyl (C=O) groups excluding carboxylic acids is 1. The molecule has 0 bridgehead atoms. The molecule has 3 aromatic carbocycles. The molecule has 29 heavy (non-hydrogen) atoms. The summed E-state index contributed by atoms with van der Waals surface area (Å²) in [6.07, 6.45) is 0. The number of ether oxygens (including phenoxy) is 2. The number of hydrogen-bond acceptors (Lipinski definition) is 3. The number of nitrogens with one attached hydrogen (secondary N) is 1. The number of para-hydroxylation sites is 1. The van der Waals surface area contributed by atoms with Crippen molar-refractivity contribution in [3.63, 3.8) is 0 Å². The number of carbonyl (C=O) groups is 1. The van der Waals surface area contributed by atoms with Crippen molar-refractivity contribution in [1.82, 2.24) is 5.32 Å². The third-order valence-corrected chi connectivity index (χ3v) is 4.07. The van der Waals surface area contributed by atoms with Crippen molar-refractivity contribution in [1.29, 1.82) is 0 Å². The average molecular weight is 401 g/mol. The summed E-state index contributed by atoms with van der Waals surface area (Å²) < 4.78 is 47.9. The molecule has 1 N–H and O–H groups in total. The van der Waals surface area contributed by atoms with E-state index in [0.717, 1.165) is 5.56 Å². The van der Waals surface area contributed by atoms with Gasteiger partial charge in [0.25, 0.3) is 5.91 Å². The third kappa shape index (κ3) is 5.75. The van der Waals surface area contributed by atoms with Gasteiger partial charge in [-0.25, -0.2) is 4.39 Å². The highest BCUT2D eigenvalue weighted by molar-refractivity contribution is 5.78. The lowest BCUT2D eigenvalue weighted by atomic mass is 9.98. The molecule has 7 heteroatoms. The highest BCUT2D eigenvalue weighted by atomic mass is 19.3. The van der Waals surface area contributed by atoms with Crippen LogP contribution in [0.2, 0.25) is 0 Å². The van der Waals surface area contributed by atoms with Crippen LogP contribution in [0.15, 0.2) is 78.9 Å². The predicted octanol–water partition coefficient (Wildman–Crippen LogP) is 4.71. The van der Waals surface area contributed by atoms with Crippen LogP contribution in [0.5, 0.6) is 11.5 Å². The highest BCUT2D eigenvalue weighted by Crippen LogP contribution is 2.25. The molecule has 1 atom stereocenters. The Morgan fingerprint density at radius 3 is 2.14 bits per heavy atom. The van der Waals surface area contributed by atoms with Gasteiger partial charge in [-0.1, -0.05) is 54.6 Å². The van der Waals surface area contributed by atoms with Crippen molar-refractivity contribution in [2.75, 3.05) is 6.61 Å². The van der Waals surface area contributed by atoms with Crippen molar-refractivity contribution in [2.24, 2.45) is 0 Å². The van der Waals surface area contributed by atoms with E-state index in [1.165, 1.54) is 30.3 Å². The molecular formula is C22H18F3NO3. The lowest BCUT2D eigenvalue weighted by Gasteiger charge is -2.20. The summed E-state index contributed by atoms with van der Waals surface area (Å²) in [6, 6.07) is 20.4. The normalized spacial score (nSPS) is 11.7. The van der Waals surface area contributed by atoms with E-state index in [2.05, 4.69) is 10.1 Å². The van der Waals surface area contributed by atoms with E-state index in [-0.39, 0.29) is 18.1 Å². The lowest BCUT2D eigenvalue weighted by molar-refractivity contribution is -0.123. The zero-order valence-electron chi connectivity index (χ0n) is 15.2. The fourth-order valence-electron chi connectivity index (χ4n) is 2.75. The first-order chi connectivity index (χ1) is 14.0. The Kier molecular flexibility index (Phi) is 6.73. The van der Waals surface area contributed by atoms with Crippen LogP contribution < -0.4 is 14.8 Å². The van der Waals surface area contributed by atoms with Gasteiger partial charge in [0.2, 0.25) is 0 Å². The second-order valence-corrected chi connectivity index (χ2v) is 6.08. The second kappa shape index (κ2) is 9.64. The maximum atomic E-state index is 13.6. The van der Waals surface area contributed by atoms with E-state index in [9.17, 15) is 18.0 Å². The minimum Gasteiger partial charge on any atom is -0.481 e. The zero-order valence-corrected chi connectivity index (χ0v) is 15.2. The Morgan fingerprint density at radius 1 is 0.862 bits per heavy atom. The number of hydrogen-bond donors (Lipinski definition) is 1. The number of rotatable bonds is 8. The molecule has 0 aliphatic heterocycles. The Hall–Kier alpha value is -3.48. The molecule has 4 nitrogen and oxygen atoms in total. The van der Waals surface area contributed by atoms with Gasteiger partial charge in [0.05, 0.1) is 6.04 Å². The molecule has 3 aromatic rings. The molecule has 0 saturated carbocycles. The summed E-state index contributed by atoms with van der Waals surface area (Å²) in [5.41, 5.74) is 1.45. The first-order valence-corrected chi connectivity index (χ1v) is 8.79. The van der Waals surface area contributed by atoms with E-state index < -0.39 is 24.4 Å². The standard InChI is InChI=1S/C22H18F3NO3/c23-18-8-4-5-9-19(18)28-14-20(27)26-21(15-6-2-1-3-7-15)16-10-12-17(13-11-16)29-22(24)25/h1-13,21-22H,14H2,(H,26,27)/t21-/m1/s1. The van der Waals surface area contributed by atoms with Gasteiger partial charge in [-0.05, 0) is 35.4 Å². The third-order valence-electron chi connectivity index (χ3n) is 4.07. The lowest BCUT2D eigenvalue weighted by Crippen LogP contribution is -2.33. The summed E-state index contributed by atoms with van der Waals surface area (Å²) in [5, 5.41) is 2.82. The van der Waals surface area contributed by atoms with Crippen LogP contribution in [-0.4, -0.2) is 19.1 Å². The van der Waals surface area contributed by atoms with Crippen molar-refractivity contribution in [3.8, 4) is 11.5 Å². The summed E-state index contributed by atoms with van der Waals surface area (Å²) in [6.45, 7) is -3.29. The van der Waals surface area contributed by atoms with E-state index in [4.69, 9.17) is 4.74 Å². The van der Waals surface area contributed by atoms with Crippen LogP contribution >= 0.6 is 0 Å². The minimum atomic E-state index is -2.92. The molecule has 0 spiro atoms. The highest BCUT2D eigenvalue weighted by Gasteiger charge is 2.18. The smallest absolute Gasteiger partial charge is 0.387 e. The van der Waals surface area contributed by atoms with Crippen LogP contribution in [0.1, 0.15) is 17.2 Å².